The minimum atomic E-state index is 0.259. The number of benzene rings is 1. The molecule has 0 saturated carbocycles. The summed E-state index contributed by atoms with van der Waals surface area (Å²) in [6.07, 6.45) is 4.70. The Bertz CT molecular complexity index is 607. The second-order valence-electron chi connectivity index (χ2n) is 5.53. The zero-order valence-electron chi connectivity index (χ0n) is 11.4. The lowest BCUT2D eigenvalue weighted by atomic mass is 10.1. The average molecular weight is 291 g/mol. The average Bonchev–Trinajstić information content (AvgIpc) is 3.04. The molecule has 1 unspecified atom stereocenters. The molecule has 1 aliphatic heterocycles. The lowest BCUT2D eigenvalue weighted by Gasteiger charge is -2.15. The maximum atomic E-state index is 11.8. The molecule has 1 amide bonds. The van der Waals surface area contributed by atoms with Crippen molar-refractivity contribution in [1.82, 2.24) is 9.88 Å². The molecular formula is C16H19ClN2O. The van der Waals surface area contributed by atoms with E-state index in [-0.39, 0.29) is 5.91 Å². The molecule has 3 nitrogen and oxygen atoms in total. The second kappa shape index (κ2) is 5.88. The standard InChI is InChI=1S/C16H19ClN2O/c17-9-12-8-16(20)19(11-12)7-3-4-13-10-18-15-6-2-1-5-14(13)15/h1-2,5-6,10,12,18H,3-4,7-9,11H2. The Morgan fingerprint density at radius 2 is 2.20 bits per heavy atom. The number of nitrogens with one attached hydrogen (secondary N) is 1. The van der Waals surface area contributed by atoms with Gasteiger partial charge in [-0.25, -0.2) is 0 Å². The van der Waals surface area contributed by atoms with Gasteiger partial charge in [-0.1, -0.05) is 18.2 Å². The van der Waals surface area contributed by atoms with Gasteiger partial charge in [-0.3, -0.25) is 4.79 Å². The van der Waals surface area contributed by atoms with Gasteiger partial charge in [0.1, 0.15) is 0 Å². The highest BCUT2D eigenvalue weighted by Crippen LogP contribution is 2.21. The summed E-state index contributed by atoms with van der Waals surface area (Å²) in [4.78, 5) is 17.1. The van der Waals surface area contributed by atoms with Crippen molar-refractivity contribution in [3.05, 3.63) is 36.0 Å². The number of aromatic nitrogens is 1. The minimum Gasteiger partial charge on any atom is -0.361 e. The van der Waals surface area contributed by atoms with E-state index < -0.39 is 0 Å². The molecule has 2 aromatic rings. The summed E-state index contributed by atoms with van der Waals surface area (Å²) in [7, 11) is 0. The monoisotopic (exact) mass is 290 g/mol. The zero-order chi connectivity index (χ0) is 13.9. The van der Waals surface area contributed by atoms with E-state index >= 15 is 0 Å². The maximum Gasteiger partial charge on any atom is 0.222 e. The smallest absolute Gasteiger partial charge is 0.222 e. The van der Waals surface area contributed by atoms with E-state index in [0.717, 1.165) is 25.9 Å². The molecule has 4 heteroatoms. The number of hydrogen-bond donors (Lipinski definition) is 1. The fraction of sp³-hybridized carbons (Fsp3) is 0.438. The van der Waals surface area contributed by atoms with Crippen LogP contribution >= 0.6 is 11.6 Å². The lowest BCUT2D eigenvalue weighted by molar-refractivity contribution is -0.127. The molecule has 106 valence electrons. The van der Waals surface area contributed by atoms with E-state index in [0.29, 0.717) is 18.2 Å². The Labute approximate surface area is 123 Å². The molecule has 1 aliphatic rings. The van der Waals surface area contributed by atoms with E-state index in [1.54, 1.807) is 0 Å². The van der Waals surface area contributed by atoms with Crippen LogP contribution in [0.3, 0.4) is 0 Å². The van der Waals surface area contributed by atoms with E-state index in [1.165, 1.54) is 16.5 Å². The Balaban J connectivity index is 1.57. The number of likely N-dealkylation sites (tertiary alicyclic amines) is 1. The Morgan fingerprint density at radius 1 is 1.35 bits per heavy atom. The molecule has 1 atom stereocenters. The van der Waals surface area contributed by atoms with Crippen molar-refractivity contribution in [2.75, 3.05) is 19.0 Å². The summed E-state index contributed by atoms with van der Waals surface area (Å²) in [6, 6.07) is 8.34. The number of alkyl halides is 1. The van der Waals surface area contributed by atoms with E-state index in [1.807, 2.05) is 11.0 Å². The molecule has 3 rings (SSSR count). The van der Waals surface area contributed by atoms with Gasteiger partial charge in [-0.2, -0.15) is 0 Å². The van der Waals surface area contributed by atoms with Crippen LogP contribution in [0.5, 0.6) is 0 Å². The topological polar surface area (TPSA) is 36.1 Å². The number of H-pyrrole nitrogens is 1. The molecule has 2 heterocycles. The highest BCUT2D eigenvalue weighted by atomic mass is 35.5. The van der Waals surface area contributed by atoms with Crippen molar-refractivity contribution in [3.63, 3.8) is 0 Å². The summed E-state index contributed by atoms with van der Waals surface area (Å²) in [5.74, 6) is 1.19. The minimum absolute atomic E-state index is 0.259. The number of halogens is 1. The van der Waals surface area contributed by atoms with Gasteiger partial charge in [0.05, 0.1) is 0 Å². The van der Waals surface area contributed by atoms with Crippen LogP contribution in [0, 0.1) is 5.92 Å². The summed E-state index contributed by atoms with van der Waals surface area (Å²) in [5, 5.41) is 1.29. The fourth-order valence-corrected chi connectivity index (χ4v) is 3.18. The van der Waals surface area contributed by atoms with Gasteiger partial charge in [0.2, 0.25) is 5.91 Å². The number of nitrogens with zero attached hydrogens (tertiary/aromatic N) is 1. The van der Waals surface area contributed by atoms with E-state index in [9.17, 15) is 4.79 Å². The number of carbonyl (C=O) groups is 1. The van der Waals surface area contributed by atoms with Crippen LogP contribution in [0.25, 0.3) is 10.9 Å². The van der Waals surface area contributed by atoms with Crippen LogP contribution in [0.4, 0.5) is 0 Å². The molecule has 1 aromatic heterocycles. The normalized spacial score (nSPS) is 19.1. The van der Waals surface area contributed by atoms with Crippen molar-refractivity contribution >= 4 is 28.4 Å². The van der Waals surface area contributed by atoms with Crippen LogP contribution in [0.15, 0.2) is 30.5 Å². The molecule has 1 N–H and O–H groups in total. The Kier molecular flexibility index (Phi) is 3.97. The van der Waals surface area contributed by atoms with Gasteiger partial charge in [-0.15, -0.1) is 11.6 Å². The quantitative estimate of drug-likeness (QED) is 0.844. The van der Waals surface area contributed by atoms with Crippen molar-refractivity contribution < 1.29 is 4.79 Å². The predicted octanol–water partition coefficient (Wildman–Crippen LogP) is 3.19. The molecule has 1 fully saturated rings. The van der Waals surface area contributed by atoms with Gasteiger partial charge in [0, 0.05) is 42.5 Å². The van der Waals surface area contributed by atoms with Crippen LogP contribution in [-0.2, 0) is 11.2 Å². The van der Waals surface area contributed by atoms with Gasteiger partial charge in [0.25, 0.3) is 0 Å². The van der Waals surface area contributed by atoms with Crippen molar-refractivity contribution in [1.29, 1.82) is 0 Å². The lowest BCUT2D eigenvalue weighted by Crippen LogP contribution is -2.26. The third-order valence-corrected chi connectivity index (χ3v) is 4.50. The predicted molar refractivity (Wildman–Crippen MR) is 82.0 cm³/mol. The summed E-state index contributed by atoms with van der Waals surface area (Å²) >= 11 is 5.84. The third-order valence-electron chi connectivity index (χ3n) is 4.06. The summed E-state index contributed by atoms with van der Waals surface area (Å²) in [5.41, 5.74) is 2.52. The molecule has 0 spiro atoms. The molecule has 1 aromatic carbocycles. The first-order chi connectivity index (χ1) is 9.78. The first kappa shape index (κ1) is 13.5. The number of rotatable bonds is 5. The second-order valence-corrected chi connectivity index (χ2v) is 5.84. The van der Waals surface area contributed by atoms with Crippen LogP contribution in [0.2, 0.25) is 0 Å². The van der Waals surface area contributed by atoms with Crippen LogP contribution in [-0.4, -0.2) is 34.8 Å². The van der Waals surface area contributed by atoms with Gasteiger partial charge >= 0.3 is 0 Å². The first-order valence-electron chi connectivity index (χ1n) is 7.16. The van der Waals surface area contributed by atoms with Gasteiger partial charge in [-0.05, 0) is 30.4 Å². The number of aromatic amines is 1. The summed E-state index contributed by atoms with van der Waals surface area (Å²) < 4.78 is 0. The van der Waals surface area contributed by atoms with Crippen molar-refractivity contribution in [3.8, 4) is 0 Å². The fourth-order valence-electron chi connectivity index (χ4n) is 2.97. The highest BCUT2D eigenvalue weighted by Gasteiger charge is 2.28. The van der Waals surface area contributed by atoms with Gasteiger partial charge in [0.15, 0.2) is 0 Å². The molecule has 20 heavy (non-hydrogen) atoms. The molecule has 0 aliphatic carbocycles. The number of carbonyl (C=O) groups excluding carboxylic acids is 1. The number of para-hydroxylation sites is 1. The SMILES string of the molecule is O=C1CC(CCl)CN1CCCc1c[nH]c2ccccc12. The molecule has 1 saturated heterocycles. The highest BCUT2D eigenvalue weighted by molar-refractivity contribution is 6.18. The van der Waals surface area contributed by atoms with Crippen LogP contribution in [0.1, 0.15) is 18.4 Å². The summed E-state index contributed by atoms with van der Waals surface area (Å²) in [6.45, 7) is 1.67. The first-order valence-corrected chi connectivity index (χ1v) is 7.70. The third kappa shape index (κ3) is 2.68. The Morgan fingerprint density at radius 3 is 3.00 bits per heavy atom. The molecule has 0 radical (unpaired) electrons. The maximum absolute atomic E-state index is 11.8. The number of amides is 1. The zero-order valence-corrected chi connectivity index (χ0v) is 12.2. The largest absolute Gasteiger partial charge is 0.361 e. The van der Waals surface area contributed by atoms with Gasteiger partial charge < -0.3 is 9.88 Å². The van der Waals surface area contributed by atoms with E-state index in [4.69, 9.17) is 11.6 Å². The van der Waals surface area contributed by atoms with E-state index in [2.05, 4.69) is 29.4 Å². The Hall–Kier alpha value is -1.48. The molecular weight excluding hydrogens is 272 g/mol. The van der Waals surface area contributed by atoms with Crippen molar-refractivity contribution in [2.45, 2.75) is 19.3 Å². The van der Waals surface area contributed by atoms with Crippen LogP contribution < -0.4 is 0 Å². The number of hydrogen-bond acceptors (Lipinski definition) is 1. The van der Waals surface area contributed by atoms with Crippen molar-refractivity contribution in [2.24, 2.45) is 5.92 Å². The number of fused-ring (bicyclic) bond motifs is 1. The number of aryl methyl sites for hydroxylation is 1. The molecule has 0 bridgehead atoms.